The van der Waals surface area contributed by atoms with Gasteiger partial charge in [-0.1, -0.05) is 11.6 Å². The molecule has 1 aromatic rings. The molecule has 0 unspecified atom stereocenters. The Kier molecular flexibility index (Phi) is 4.30. The van der Waals surface area contributed by atoms with Gasteiger partial charge >= 0.3 is 5.97 Å². The zero-order valence-electron chi connectivity index (χ0n) is 9.84. The minimum absolute atomic E-state index is 0.141. The molecule has 2 rings (SSSR count). The van der Waals surface area contributed by atoms with Crippen LogP contribution in [0.1, 0.15) is 5.56 Å². The van der Waals surface area contributed by atoms with Crippen LogP contribution < -0.4 is 14.2 Å². The second-order valence-corrected chi connectivity index (χ2v) is 3.84. The van der Waals surface area contributed by atoms with Crippen molar-refractivity contribution in [3.8, 4) is 17.2 Å². The average Bonchev–Trinajstić information content (AvgIpc) is 2.83. The summed E-state index contributed by atoms with van der Waals surface area (Å²) < 4.78 is 16.0. The van der Waals surface area contributed by atoms with Gasteiger partial charge in [0.1, 0.15) is 12.4 Å². The first-order valence-electron chi connectivity index (χ1n) is 5.43. The quantitative estimate of drug-likeness (QED) is 0.841. The average molecular weight is 283 g/mol. The molecule has 1 aliphatic heterocycles. The predicted octanol–water partition coefficient (Wildman–Crippen LogP) is 2.64. The van der Waals surface area contributed by atoms with Crippen molar-refractivity contribution in [3.63, 3.8) is 0 Å². The van der Waals surface area contributed by atoms with E-state index in [4.69, 9.17) is 30.9 Å². The van der Waals surface area contributed by atoms with Gasteiger partial charge in [-0.2, -0.15) is 0 Å². The van der Waals surface area contributed by atoms with Crippen molar-refractivity contribution >= 4 is 23.6 Å². The highest BCUT2D eigenvalue weighted by atomic mass is 35.5. The van der Waals surface area contributed by atoms with Gasteiger partial charge in [-0.15, -0.1) is 0 Å². The van der Waals surface area contributed by atoms with Crippen molar-refractivity contribution in [2.45, 2.75) is 0 Å². The topological polar surface area (TPSA) is 65.0 Å². The molecular formula is C13H11ClO5. The summed E-state index contributed by atoms with van der Waals surface area (Å²) in [5.41, 5.74) is 1.94. The Balaban J connectivity index is 2.29. The third kappa shape index (κ3) is 3.42. The van der Waals surface area contributed by atoms with Crippen LogP contribution in [0.3, 0.4) is 0 Å². The van der Waals surface area contributed by atoms with Gasteiger partial charge in [0, 0.05) is 23.2 Å². The number of aliphatic carboxylic acids is 1. The molecule has 5 nitrogen and oxygen atoms in total. The molecule has 0 aliphatic carbocycles. The molecule has 1 aromatic carbocycles. The molecule has 0 saturated heterocycles. The molecule has 1 heterocycles. The number of rotatable bonds is 5. The van der Waals surface area contributed by atoms with Crippen molar-refractivity contribution in [1.82, 2.24) is 0 Å². The van der Waals surface area contributed by atoms with E-state index in [-0.39, 0.29) is 13.4 Å². The minimum atomic E-state index is -1.04. The van der Waals surface area contributed by atoms with Crippen molar-refractivity contribution in [2.75, 3.05) is 13.4 Å². The largest absolute Gasteiger partial charge is 0.489 e. The number of benzene rings is 1. The fraction of sp³-hybridized carbons (Fsp3) is 0.154. The highest BCUT2D eigenvalue weighted by Gasteiger charge is 2.17. The van der Waals surface area contributed by atoms with Crippen molar-refractivity contribution < 1.29 is 24.1 Å². The molecule has 19 heavy (non-hydrogen) atoms. The number of hydrogen-bond donors (Lipinski definition) is 1. The molecule has 0 bridgehead atoms. The lowest BCUT2D eigenvalue weighted by Crippen LogP contribution is -1.96. The maximum atomic E-state index is 10.6. The van der Waals surface area contributed by atoms with E-state index in [0.29, 0.717) is 22.8 Å². The van der Waals surface area contributed by atoms with Gasteiger partial charge in [0.05, 0.1) is 0 Å². The van der Waals surface area contributed by atoms with Crippen LogP contribution in [0.2, 0.25) is 0 Å². The van der Waals surface area contributed by atoms with Crippen molar-refractivity contribution in [1.29, 1.82) is 0 Å². The van der Waals surface area contributed by atoms with Crippen LogP contribution in [0, 0.1) is 0 Å². The lowest BCUT2D eigenvalue weighted by molar-refractivity contribution is -0.131. The highest BCUT2D eigenvalue weighted by Crippen LogP contribution is 2.38. The van der Waals surface area contributed by atoms with Crippen LogP contribution in [-0.2, 0) is 4.79 Å². The number of fused-ring (bicyclic) bond motifs is 1. The number of carboxylic acid groups (broad SMARTS) is 1. The van der Waals surface area contributed by atoms with E-state index in [2.05, 4.69) is 0 Å². The number of carboxylic acids is 1. The fourth-order valence-electron chi connectivity index (χ4n) is 1.53. The van der Waals surface area contributed by atoms with Crippen LogP contribution in [-0.4, -0.2) is 24.5 Å². The van der Waals surface area contributed by atoms with Gasteiger partial charge in [0.25, 0.3) is 0 Å². The fourth-order valence-corrected chi connectivity index (χ4v) is 1.60. The van der Waals surface area contributed by atoms with E-state index in [9.17, 15) is 4.79 Å². The first kappa shape index (κ1) is 13.3. The van der Waals surface area contributed by atoms with Gasteiger partial charge < -0.3 is 19.3 Å². The van der Waals surface area contributed by atoms with Crippen LogP contribution in [0.5, 0.6) is 17.2 Å². The molecule has 0 saturated carbocycles. The van der Waals surface area contributed by atoms with Gasteiger partial charge in [-0.05, 0) is 18.2 Å². The molecule has 1 N–H and O–H groups in total. The molecule has 100 valence electrons. The Labute approximate surface area is 114 Å². The molecule has 0 fully saturated rings. The number of ether oxygens (including phenoxy) is 3. The molecular weight excluding hydrogens is 272 g/mol. The Bertz CT molecular complexity index is 536. The zero-order chi connectivity index (χ0) is 13.7. The Morgan fingerprint density at radius 1 is 1.42 bits per heavy atom. The van der Waals surface area contributed by atoms with Gasteiger partial charge in [0.2, 0.25) is 6.79 Å². The second-order valence-electron chi connectivity index (χ2n) is 3.59. The van der Waals surface area contributed by atoms with Crippen LogP contribution in [0.15, 0.2) is 29.8 Å². The Hall–Kier alpha value is -2.14. The summed E-state index contributed by atoms with van der Waals surface area (Å²) in [6.07, 6.45) is 4.09. The number of carbonyl (C=O) groups is 1. The summed E-state index contributed by atoms with van der Waals surface area (Å²) in [6.45, 7) is 0.416. The lowest BCUT2D eigenvalue weighted by atomic mass is 10.1. The molecule has 0 radical (unpaired) electrons. The van der Waals surface area contributed by atoms with E-state index in [0.717, 1.165) is 6.08 Å². The molecule has 0 aromatic heterocycles. The monoisotopic (exact) mass is 282 g/mol. The standard InChI is InChI=1S/C13H11ClO5/c14-4-1-5-17-10-7-12-11(18-8-19-12)6-9(10)2-3-13(15)16/h1-4,6-7H,5,8H2,(H,15,16)/b3-2+,4-1+. The maximum Gasteiger partial charge on any atom is 0.328 e. The summed E-state index contributed by atoms with van der Waals surface area (Å²) in [6, 6.07) is 3.33. The first-order valence-corrected chi connectivity index (χ1v) is 5.87. The normalized spacial score (nSPS) is 13.3. The molecule has 6 heteroatoms. The third-order valence-corrected chi connectivity index (χ3v) is 2.51. The van der Waals surface area contributed by atoms with Crippen molar-refractivity contribution in [3.05, 3.63) is 35.4 Å². The summed E-state index contributed by atoms with van der Waals surface area (Å²) in [5, 5.41) is 8.66. The smallest absolute Gasteiger partial charge is 0.328 e. The molecule has 0 amide bonds. The lowest BCUT2D eigenvalue weighted by Gasteiger charge is -2.08. The van der Waals surface area contributed by atoms with E-state index >= 15 is 0 Å². The summed E-state index contributed by atoms with van der Waals surface area (Å²) >= 11 is 5.41. The Morgan fingerprint density at radius 3 is 2.84 bits per heavy atom. The molecule has 1 aliphatic rings. The Morgan fingerprint density at radius 2 is 2.16 bits per heavy atom. The van der Waals surface area contributed by atoms with E-state index in [1.165, 1.54) is 11.6 Å². The van der Waals surface area contributed by atoms with E-state index in [1.54, 1.807) is 18.2 Å². The molecule has 0 atom stereocenters. The molecule has 0 spiro atoms. The summed E-state index contributed by atoms with van der Waals surface area (Å²) in [5.74, 6) is 0.586. The SMILES string of the molecule is O=C(O)/C=C/c1cc2c(cc1OC/C=C/Cl)OCO2. The summed E-state index contributed by atoms with van der Waals surface area (Å²) in [4.78, 5) is 10.6. The van der Waals surface area contributed by atoms with Crippen molar-refractivity contribution in [2.24, 2.45) is 0 Å². The minimum Gasteiger partial charge on any atom is -0.489 e. The number of halogens is 1. The predicted molar refractivity (Wildman–Crippen MR) is 69.7 cm³/mol. The van der Waals surface area contributed by atoms with Crippen LogP contribution in [0.25, 0.3) is 6.08 Å². The third-order valence-electron chi connectivity index (χ3n) is 2.33. The number of hydrogen-bond acceptors (Lipinski definition) is 4. The van der Waals surface area contributed by atoms with E-state index in [1.807, 2.05) is 0 Å². The zero-order valence-corrected chi connectivity index (χ0v) is 10.6. The van der Waals surface area contributed by atoms with Gasteiger partial charge in [-0.3, -0.25) is 0 Å². The van der Waals surface area contributed by atoms with Crippen LogP contribution >= 0.6 is 11.6 Å². The van der Waals surface area contributed by atoms with Gasteiger partial charge in [-0.25, -0.2) is 4.79 Å². The summed E-state index contributed by atoms with van der Waals surface area (Å²) in [7, 11) is 0. The van der Waals surface area contributed by atoms with E-state index < -0.39 is 5.97 Å². The van der Waals surface area contributed by atoms with Crippen LogP contribution in [0.4, 0.5) is 0 Å². The second kappa shape index (κ2) is 6.15. The maximum absolute atomic E-state index is 10.6. The highest BCUT2D eigenvalue weighted by molar-refractivity contribution is 6.25. The van der Waals surface area contributed by atoms with Gasteiger partial charge in [0.15, 0.2) is 11.5 Å². The first-order chi connectivity index (χ1) is 9.20.